The summed E-state index contributed by atoms with van der Waals surface area (Å²) >= 11 is 1.35. The van der Waals surface area contributed by atoms with Gasteiger partial charge in [0.25, 0.3) is 0 Å². The number of hydrogen-bond acceptors (Lipinski definition) is 6. The summed E-state index contributed by atoms with van der Waals surface area (Å²) in [7, 11) is -1.05. The lowest BCUT2D eigenvalue weighted by molar-refractivity contribution is -0.115. The molecule has 0 bridgehead atoms. The van der Waals surface area contributed by atoms with Crippen LogP contribution in [0.4, 0.5) is 5.69 Å². The van der Waals surface area contributed by atoms with E-state index in [1.807, 2.05) is 50.6 Å². The van der Waals surface area contributed by atoms with Crippen LogP contribution in [0.3, 0.4) is 0 Å². The summed E-state index contributed by atoms with van der Waals surface area (Å²) in [6.45, 7) is 5.78. The predicted molar refractivity (Wildman–Crippen MR) is 111 cm³/mol. The van der Waals surface area contributed by atoms with Gasteiger partial charge in [-0.15, -0.1) is 10.2 Å². The van der Waals surface area contributed by atoms with Gasteiger partial charge in [-0.3, -0.25) is 4.79 Å². The van der Waals surface area contributed by atoms with Crippen molar-refractivity contribution >= 4 is 33.2 Å². The number of benzene rings is 1. The highest BCUT2D eigenvalue weighted by Crippen LogP contribution is 2.27. The van der Waals surface area contributed by atoms with Gasteiger partial charge in [-0.1, -0.05) is 30.0 Å². The number of para-hydroxylation sites is 1. The molecule has 2 heterocycles. The van der Waals surface area contributed by atoms with Crippen LogP contribution in [-0.2, 0) is 28.1 Å². The summed E-state index contributed by atoms with van der Waals surface area (Å²) in [6.07, 6.45) is 1.26. The Morgan fingerprint density at radius 1 is 1.32 bits per heavy atom. The summed E-state index contributed by atoms with van der Waals surface area (Å²) in [6, 6.07) is 5.91. The number of aryl methyl sites for hydroxylation is 2. The number of amides is 1. The van der Waals surface area contributed by atoms with E-state index in [-0.39, 0.29) is 28.6 Å². The lowest BCUT2D eigenvalue weighted by Crippen LogP contribution is -2.23. The molecule has 0 unspecified atom stereocenters. The monoisotopic (exact) mass is 422 g/mol. The molecule has 152 valence electrons. The molecule has 9 heteroatoms. The molecular weight excluding hydrogens is 396 g/mol. The van der Waals surface area contributed by atoms with Gasteiger partial charge in [0.2, 0.25) is 5.91 Å². The second-order valence-electron chi connectivity index (χ2n) is 7.45. The molecule has 1 amide bonds. The summed E-state index contributed by atoms with van der Waals surface area (Å²) in [4.78, 5) is 12.6. The molecule has 1 saturated heterocycles. The van der Waals surface area contributed by atoms with Crippen LogP contribution < -0.4 is 5.32 Å². The highest BCUT2D eigenvalue weighted by molar-refractivity contribution is 8.00. The van der Waals surface area contributed by atoms with Crippen molar-refractivity contribution in [2.45, 2.75) is 44.0 Å². The molecule has 3 rings (SSSR count). The van der Waals surface area contributed by atoms with Crippen LogP contribution in [0.25, 0.3) is 0 Å². The number of anilines is 1. The minimum Gasteiger partial charge on any atom is -0.325 e. The van der Waals surface area contributed by atoms with Crippen molar-refractivity contribution in [3.8, 4) is 0 Å². The quantitative estimate of drug-likeness (QED) is 0.719. The fourth-order valence-corrected chi connectivity index (χ4v) is 6.06. The summed E-state index contributed by atoms with van der Waals surface area (Å²) < 4.78 is 25.2. The molecule has 1 N–H and O–H groups in total. The van der Waals surface area contributed by atoms with Gasteiger partial charge in [-0.05, 0) is 44.2 Å². The fraction of sp³-hybridized carbons (Fsp3) is 0.526. The van der Waals surface area contributed by atoms with E-state index in [4.69, 9.17) is 0 Å². The van der Waals surface area contributed by atoms with Gasteiger partial charge in [0.1, 0.15) is 5.82 Å². The maximum atomic E-state index is 12.6. The molecule has 0 radical (unpaired) electrons. The van der Waals surface area contributed by atoms with Crippen molar-refractivity contribution in [2.24, 2.45) is 13.0 Å². The smallest absolute Gasteiger partial charge is 0.237 e. The van der Waals surface area contributed by atoms with E-state index in [0.717, 1.165) is 22.6 Å². The van der Waals surface area contributed by atoms with E-state index in [1.165, 1.54) is 11.8 Å². The lowest BCUT2D eigenvalue weighted by Gasteiger charge is -2.15. The van der Waals surface area contributed by atoms with Crippen LogP contribution >= 0.6 is 11.8 Å². The average Bonchev–Trinajstić information content (AvgIpc) is 3.14. The van der Waals surface area contributed by atoms with E-state index in [0.29, 0.717) is 18.0 Å². The molecular formula is C19H26N4O3S2. The van der Waals surface area contributed by atoms with Gasteiger partial charge in [0.15, 0.2) is 15.0 Å². The number of aromatic nitrogens is 3. The third-order valence-corrected chi connectivity index (χ3v) is 8.07. The maximum absolute atomic E-state index is 12.6. The van der Waals surface area contributed by atoms with Crippen molar-refractivity contribution < 1.29 is 13.2 Å². The second-order valence-corrected chi connectivity index (χ2v) is 11.0. The normalized spacial score (nSPS) is 19.5. The minimum atomic E-state index is -2.90. The number of sulfone groups is 1. The van der Waals surface area contributed by atoms with Gasteiger partial charge in [0.05, 0.1) is 16.8 Å². The van der Waals surface area contributed by atoms with E-state index in [1.54, 1.807) is 0 Å². The first-order valence-corrected chi connectivity index (χ1v) is 12.0. The third-order valence-electron chi connectivity index (χ3n) is 5.10. The standard InChI is InChI=1S/C19H26N4O3S2/c1-12-6-5-7-13(2)17(12)20-18(24)14(3)27-19-22-21-16(23(19)4)10-15-8-9-28(25,26)11-15/h5-7,14-15H,8-11H2,1-4H3,(H,20,24)/t14-,15+/m0/s1. The SMILES string of the molecule is Cc1cccc(C)c1NC(=O)[C@H](C)Sc1nnc(C[C@H]2CCS(=O)(=O)C2)n1C. The van der Waals surface area contributed by atoms with E-state index in [2.05, 4.69) is 15.5 Å². The van der Waals surface area contributed by atoms with Gasteiger partial charge >= 0.3 is 0 Å². The van der Waals surface area contributed by atoms with Crippen LogP contribution in [0.2, 0.25) is 0 Å². The lowest BCUT2D eigenvalue weighted by atomic mass is 10.1. The number of hydrogen-bond donors (Lipinski definition) is 1. The molecule has 28 heavy (non-hydrogen) atoms. The van der Waals surface area contributed by atoms with Crippen LogP contribution in [-0.4, -0.2) is 45.8 Å². The fourth-order valence-electron chi connectivity index (χ4n) is 3.36. The van der Waals surface area contributed by atoms with Crippen molar-refractivity contribution in [2.75, 3.05) is 16.8 Å². The maximum Gasteiger partial charge on any atom is 0.237 e. The number of carbonyl (C=O) groups excluding carboxylic acids is 1. The van der Waals surface area contributed by atoms with Crippen LogP contribution in [0.15, 0.2) is 23.4 Å². The first-order chi connectivity index (χ1) is 13.2. The second kappa shape index (κ2) is 8.24. The molecule has 1 aromatic carbocycles. The van der Waals surface area contributed by atoms with Gasteiger partial charge < -0.3 is 9.88 Å². The molecule has 1 aliphatic heterocycles. The Balaban J connectivity index is 1.63. The van der Waals surface area contributed by atoms with Gasteiger partial charge in [-0.25, -0.2) is 8.42 Å². The molecule has 7 nitrogen and oxygen atoms in total. The summed E-state index contributed by atoms with van der Waals surface area (Å²) in [5.74, 6) is 1.24. The van der Waals surface area contributed by atoms with Crippen LogP contribution in [0, 0.1) is 19.8 Å². The van der Waals surface area contributed by atoms with Crippen molar-refractivity contribution in [1.29, 1.82) is 0 Å². The molecule has 1 aliphatic rings. The number of rotatable bonds is 6. The molecule has 1 fully saturated rings. The third kappa shape index (κ3) is 4.75. The van der Waals surface area contributed by atoms with E-state index < -0.39 is 9.84 Å². The van der Waals surface area contributed by atoms with Crippen molar-refractivity contribution in [1.82, 2.24) is 14.8 Å². The average molecular weight is 423 g/mol. The topological polar surface area (TPSA) is 94.0 Å². The summed E-state index contributed by atoms with van der Waals surface area (Å²) in [5.41, 5.74) is 2.90. The molecule has 0 spiro atoms. The van der Waals surface area contributed by atoms with Crippen molar-refractivity contribution in [3.05, 3.63) is 35.2 Å². The Kier molecular flexibility index (Phi) is 6.14. The molecule has 2 aromatic rings. The van der Waals surface area contributed by atoms with E-state index in [9.17, 15) is 13.2 Å². The van der Waals surface area contributed by atoms with Crippen LogP contribution in [0.5, 0.6) is 0 Å². The minimum absolute atomic E-state index is 0.0890. The first-order valence-electron chi connectivity index (χ1n) is 9.28. The number of nitrogens with zero attached hydrogens (tertiary/aromatic N) is 3. The Morgan fingerprint density at radius 3 is 2.61 bits per heavy atom. The molecule has 0 saturated carbocycles. The molecule has 0 aliphatic carbocycles. The number of nitrogens with one attached hydrogen (secondary N) is 1. The number of thioether (sulfide) groups is 1. The zero-order valence-electron chi connectivity index (χ0n) is 16.6. The Morgan fingerprint density at radius 2 is 2.00 bits per heavy atom. The predicted octanol–water partition coefficient (Wildman–Crippen LogP) is 2.53. The zero-order valence-corrected chi connectivity index (χ0v) is 18.2. The zero-order chi connectivity index (χ0) is 20.5. The van der Waals surface area contributed by atoms with Crippen molar-refractivity contribution in [3.63, 3.8) is 0 Å². The summed E-state index contributed by atoms with van der Waals surface area (Å²) in [5, 5.41) is 11.7. The van der Waals surface area contributed by atoms with Gasteiger partial charge in [-0.2, -0.15) is 0 Å². The Hall–Kier alpha value is -1.87. The first kappa shape index (κ1) is 20.9. The van der Waals surface area contributed by atoms with Gasteiger partial charge in [0, 0.05) is 19.2 Å². The molecule has 1 aromatic heterocycles. The number of carbonyl (C=O) groups is 1. The Bertz CT molecular complexity index is 965. The highest BCUT2D eigenvalue weighted by Gasteiger charge is 2.29. The van der Waals surface area contributed by atoms with E-state index >= 15 is 0 Å². The molecule has 2 atom stereocenters. The van der Waals surface area contributed by atoms with Crippen LogP contribution in [0.1, 0.15) is 30.3 Å². The highest BCUT2D eigenvalue weighted by atomic mass is 32.2. The largest absolute Gasteiger partial charge is 0.325 e. The Labute approximate surface area is 170 Å².